The SMILES string of the molecule is Cc1ccc(-c2csc3ncnc(SCC(=O)NC4(C#N)CCCC4)c23)cc1. The van der Waals surface area contributed by atoms with Gasteiger partial charge in [0.15, 0.2) is 0 Å². The number of nitrogens with one attached hydrogen (secondary N) is 1. The van der Waals surface area contributed by atoms with Crippen LogP contribution in [0.1, 0.15) is 31.2 Å². The number of hydrogen-bond donors (Lipinski definition) is 1. The van der Waals surface area contributed by atoms with Gasteiger partial charge < -0.3 is 5.32 Å². The van der Waals surface area contributed by atoms with Crippen molar-refractivity contribution in [1.82, 2.24) is 15.3 Å². The van der Waals surface area contributed by atoms with Gasteiger partial charge in [0.25, 0.3) is 0 Å². The Kier molecular flexibility index (Phi) is 5.33. The van der Waals surface area contributed by atoms with Gasteiger partial charge in [0, 0.05) is 10.9 Å². The molecule has 4 rings (SSSR count). The lowest BCUT2D eigenvalue weighted by Gasteiger charge is -2.21. The minimum atomic E-state index is -0.686. The van der Waals surface area contributed by atoms with Crippen LogP contribution >= 0.6 is 23.1 Å². The zero-order valence-corrected chi connectivity index (χ0v) is 17.2. The molecule has 0 unspecified atom stereocenters. The van der Waals surface area contributed by atoms with Gasteiger partial charge >= 0.3 is 0 Å². The standard InChI is InChI=1S/C21H20N4OS2/c1-14-4-6-15(7-5-14)16-10-27-19-18(16)20(24-13-23-19)28-11-17(26)25-21(12-22)8-2-3-9-21/h4-7,10,13H,2-3,8-9,11H2,1H3,(H,25,26). The van der Waals surface area contributed by atoms with Crippen LogP contribution in [0.3, 0.4) is 0 Å². The highest BCUT2D eigenvalue weighted by molar-refractivity contribution is 8.00. The van der Waals surface area contributed by atoms with Gasteiger partial charge in [0.2, 0.25) is 5.91 Å². The van der Waals surface area contributed by atoms with Crippen molar-refractivity contribution < 1.29 is 4.79 Å². The van der Waals surface area contributed by atoms with Crippen molar-refractivity contribution in [3.63, 3.8) is 0 Å². The van der Waals surface area contributed by atoms with Crippen LogP contribution in [0.15, 0.2) is 41.0 Å². The number of carbonyl (C=O) groups is 1. The first-order valence-electron chi connectivity index (χ1n) is 9.24. The van der Waals surface area contributed by atoms with Crippen LogP contribution in [0, 0.1) is 18.3 Å². The minimum absolute atomic E-state index is 0.118. The lowest BCUT2D eigenvalue weighted by Crippen LogP contribution is -2.45. The Bertz CT molecular complexity index is 1050. The van der Waals surface area contributed by atoms with Gasteiger partial charge in [-0.2, -0.15) is 5.26 Å². The van der Waals surface area contributed by atoms with E-state index in [4.69, 9.17) is 0 Å². The van der Waals surface area contributed by atoms with Gasteiger partial charge in [-0.3, -0.25) is 4.79 Å². The fraction of sp³-hybridized carbons (Fsp3) is 0.333. The molecule has 1 aromatic carbocycles. The second-order valence-electron chi connectivity index (χ2n) is 7.11. The smallest absolute Gasteiger partial charge is 0.231 e. The molecule has 1 aliphatic carbocycles. The molecule has 5 nitrogen and oxygen atoms in total. The number of amides is 1. The largest absolute Gasteiger partial charge is 0.337 e. The summed E-state index contributed by atoms with van der Waals surface area (Å²) in [4.78, 5) is 22.2. The van der Waals surface area contributed by atoms with E-state index in [9.17, 15) is 10.1 Å². The number of thioether (sulfide) groups is 1. The summed E-state index contributed by atoms with van der Waals surface area (Å²) in [6.45, 7) is 2.07. The summed E-state index contributed by atoms with van der Waals surface area (Å²) in [6, 6.07) is 10.7. The molecular formula is C21H20N4OS2. The molecule has 2 aromatic heterocycles. The van der Waals surface area contributed by atoms with Gasteiger partial charge in [-0.15, -0.1) is 11.3 Å². The minimum Gasteiger partial charge on any atom is -0.337 e. The summed E-state index contributed by atoms with van der Waals surface area (Å²) in [5, 5.41) is 16.3. The summed E-state index contributed by atoms with van der Waals surface area (Å²) in [5.74, 6) is 0.117. The van der Waals surface area contributed by atoms with Gasteiger partial charge in [-0.05, 0) is 38.2 Å². The maximum Gasteiger partial charge on any atom is 0.231 e. The lowest BCUT2D eigenvalue weighted by atomic mass is 10.0. The molecule has 1 saturated carbocycles. The van der Waals surface area contributed by atoms with Crippen LogP contribution in [-0.4, -0.2) is 27.2 Å². The quantitative estimate of drug-likeness (QED) is 0.488. The molecule has 7 heteroatoms. The number of fused-ring (bicyclic) bond motifs is 1. The zero-order chi connectivity index (χ0) is 19.6. The number of aryl methyl sites for hydroxylation is 1. The van der Waals surface area contributed by atoms with Crippen molar-refractivity contribution in [2.45, 2.75) is 43.2 Å². The zero-order valence-electron chi connectivity index (χ0n) is 15.6. The summed E-state index contributed by atoms with van der Waals surface area (Å²) in [7, 11) is 0. The highest BCUT2D eigenvalue weighted by Crippen LogP contribution is 2.38. The Morgan fingerprint density at radius 1 is 1.29 bits per heavy atom. The van der Waals surface area contributed by atoms with Crippen molar-refractivity contribution in [3.05, 3.63) is 41.5 Å². The maximum absolute atomic E-state index is 12.5. The number of carbonyl (C=O) groups excluding carboxylic acids is 1. The van der Waals surface area contributed by atoms with E-state index in [-0.39, 0.29) is 11.7 Å². The highest BCUT2D eigenvalue weighted by Gasteiger charge is 2.35. The monoisotopic (exact) mass is 408 g/mol. The topological polar surface area (TPSA) is 78.7 Å². The van der Waals surface area contributed by atoms with E-state index >= 15 is 0 Å². The van der Waals surface area contributed by atoms with Crippen molar-refractivity contribution in [3.8, 4) is 17.2 Å². The van der Waals surface area contributed by atoms with E-state index in [2.05, 4.69) is 57.9 Å². The Hall–Kier alpha value is -2.43. The Balaban J connectivity index is 1.56. The third-order valence-corrected chi connectivity index (χ3v) is 6.96. The number of benzene rings is 1. The van der Waals surface area contributed by atoms with Crippen molar-refractivity contribution in [1.29, 1.82) is 5.26 Å². The molecule has 0 aliphatic heterocycles. The first-order chi connectivity index (χ1) is 13.6. The third kappa shape index (κ3) is 3.75. The average Bonchev–Trinajstić information content (AvgIpc) is 3.35. The Morgan fingerprint density at radius 3 is 2.75 bits per heavy atom. The molecule has 1 aliphatic rings. The fourth-order valence-electron chi connectivity index (χ4n) is 3.58. The van der Waals surface area contributed by atoms with E-state index in [0.717, 1.165) is 52.1 Å². The van der Waals surface area contributed by atoms with Crippen LogP contribution in [0.4, 0.5) is 0 Å². The van der Waals surface area contributed by atoms with Gasteiger partial charge in [0.1, 0.15) is 21.7 Å². The Morgan fingerprint density at radius 2 is 2.04 bits per heavy atom. The second kappa shape index (κ2) is 7.90. The van der Waals surface area contributed by atoms with Crippen LogP contribution in [0.25, 0.3) is 21.3 Å². The molecule has 0 radical (unpaired) electrons. The van der Waals surface area contributed by atoms with Crippen LogP contribution < -0.4 is 5.32 Å². The molecule has 0 bridgehead atoms. The fourth-order valence-corrected chi connectivity index (χ4v) is 5.38. The second-order valence-corrected chi connectivity index (χ2v) is 8.93. The summed E-state index contributed by atoms with van der Waals surface area (Å²) in [6.07, 6.45) is 5.00. The van der Waals surface area contributed by atoms with Crippen molar-refractivity contribution in [2.24, 2.45) is 0 Å². The molecule has 1 N–H and O–H groups in total. The van der Waals surface area contributed by atoms with Crippen LogP contribution in [0.2, 0.25) is 0 Å². The molecule has 0 saturated heterocycles. The summed E-state index contributed by atoms with van der Waals surface area (Å²) in [5.41, 5.74) is 2.73. The third-order valence-electron chi connectivity index (χ3n) is 5.09. The first kappa shape index (κ1) is 18.9. The molecule has 0 spiro atoms. The van der Waals surface area contributed by atoms with Gasteiger partial charge in [-0.25, -0.2) is 9.97 Å². The molecule has 1 fully saturated rings. The molecular weight excluding hydrogens is 388 g/mol. The lowest BCUT2D eigenvalue weighted by molar-refractivity contribution is -0.119. The first-order valence-corrected chi connectivity index (χ1v) is 11.1. The maximum atomic E-state index is 12.5. The van der Waals surface area contributed by atoms with E-state index in [1.54, 1.807) is 17.7 Å². The number of rotatable bonds is 5. The van der Waals surface area contributed by atoms with Gasteiger partial charge in [-0.1, -0.05) is 41.6 Å². The predicted molar refractivity (Wildman–Crippen MR) is 113 cm³/mol. The van der Waals surface area contributed by atoms with Crippen molar-refractivity contribution >= 4 is 39.2 Å². The number of thiophene rings is 1. The van der Waals surface area contributed by atoms with E-state index in [0.29, 0.717) is 0 Å². The van der Waals surface area contributed by atoms with E-state index in [1.165, 1.54) is 17.3 Å². The average molecular weight is 409 g/mol. The highest BCUT2D eigenvalue weighted by atomic mass is 32.2. The van der Waals surface area contributed by atoms with E-state index in [1.807, 2.05) is 0 Å². The normalized spacial score (nSPS) is 15.4. The summed E-state index contributed by atoms with van der Waals surface area (Å²) >= 11 is 2.98. The van der Waals surface area contributed by atoms with Crippen molar-refractivity contribution in [2.75, 3.05) is 5.75 Å². The molecule has 2 heterocycles. The van der Waals surface area contributed by atoms with E-state index < -0.39 is 5.54 Å². The number of hydrogen-bond acceptors (Lipinski definition) is 6. The summed E-state index contributed by atoms with van der Waals surface area (Å²) < 4.78 is 0. The van der Waals surface area contributed by atoms with Crippen LogP contribution in [0.5, 0.6) is 0 Å². The molecule has 142 valence electrons. The molecule has 1 amide bonds. The number of nitrogens with zero attached hydrogens (tertiary/aromatic N) is 3. The predicted octanol–water partition coefficient (Wildman–Crippen LogP) is 4.71. The molecule has 28 heavy (non-hydrogen) atoms. The number of nitriles is 1. The van der Waals surface area contributed by atoms with Crippen LogP contribution in [-0.2, 0) is 4.79 Å². The molecule has 3 aromatic rings. The molecule has 0 atom stereocenters. The number of aromatic nitrogens is 2. The Labute approximate surface area is 172 Å². The van der Waals surface area contributed by atoms with Gasteiger partial charge in [0.05, 0.1) is 17.2 Å².